The van der Waals surface area contributed by atoms with Crippen LogP contribution in [0, 0.1) is 10.7 Å². The van der Waals surface area contributed by atoms with E-state index in [1.165, 1.54) is 29.3 Å². The normalized spacial score (nSPS) is 16.3. The first kappa shape index (κ1) is 16.3. The molecule has 1 fully saturated rings. The molecule has 0 spiro atoms. The molecule has 0 bridgehead atoms. The van der Waals surface area contributed by atoms with Crippen LogP contribution in [0.3, 0.4) is 0 Å². The molecule has 1 aliphatic carbocycles. The van der Waals surface area contributed by atoms with Gasteiger partial charge in [-0.05, 0) is 0 Å². The Labute approximate surface area is 145 Å². The molecule has 0 aromatic heterocycles. The molecule has 0 amide bonds. The summed E-state index contributed by atoms with van der Waals surface area (Å²) in [4.78, 5) is 3.44. The molecule has 0 N–H and O–H groups in total. The zero-order valence-electron chi connectivity index (χ0n) is 13.3. The molecule has 118 valence electrons. The van der Waals surface area contributed by atoms with Crippen molar-refractivity contribution in [2.24, 2.45) is 0 Å². The van der Waals surface area contributed by atoms with Crippen molar-refractivity contribution in [3.63, 3.8) is 0 Å². The van der Waals surface area contributed by atoms with Crippen LogP contribution >= 0.6 is 0 Å². The van der Waals surface area contributed by atoms with Crippen molar-refractivity contribution < 1.29 is 4.74 Å². The van der Waals surface area contributed by atoms with Crippen LogP contribution in [0.1, 0.15) is 37.7 Å². The summed E-state index contributed by atoms with van der Waals surface area (Å²) in [5.74, 6) is 3.51. The van der Waals surface area contributed by atoms with Crippen LogP contribution < -0.4 is 4.46 Å². The van der Waals surface area contributed by atoms with Gasteiger partial charge in [-0.15, -0.1) is 0 Å². The topological polar surface area (TPSA) is 9.23 Å². The van der Waals surface area contributed by atoms with Gasteiger partial charge in [0, 0.05) is 0 Å². The fourth-order valence-corrected chi connectivity index (χ4v) is 4.25. The molecule has 0 saturated heterocycles. The molecule has 2 aromatic rings. The summed E-state index contributed by atoms with van der Waals surface area (Å²) in [5.41, 5.74) is 0.998. The van der Waals surface area contributed by atoms with Crippen LogP contribution in [0.25, 0.3) is 0 Å². The van der Waals surface area contributed by atoms with Gasteiger partial charge < -0.3 is 0 Å². The predicted molar refractivity (Wildman–Crippen MR) is 96.7 cm³/mol. The van der Waals surface area contributed by atoms with E-state index < -0.39 is 0 Å². The van der Waals surface area contributed by atoms with Crippen molar-refractivity contribution in [1.82, 2.24) is 0 Å². The summed E-state index contributed by atoms with van der Waals surface area (Å²) in [6, 6.07) is 21.0. The summed E-state index contributed by atoms with van der Waals surface area (Å²) < 4.78 is 7.67. The van der Waals surface area contributed by atoms with Crippen LogP contribution in [-0.2, 0) is 11.3 Å². The predicted octanol–water partition coefficient (Wildman–Crippen LogP) is 3.90. The van der Waals surface area contributed by atoms with Gasteiger partial charge in [0.2, 0.25) is 0 Å². The third-order valence-electron chi connectivity index (χ3n) is 4.21. The first-order valence-corrected chi connectivity index (χ1v) is 10.00. The van der Waals surface area contributed by atoms with Crippen LogP contribution in [0.2, 0.25) is 0 Å². The molecule has 0 radical (unpaired) electrons. The third kappa shape index (κ3) is 4.98. The van der Waals surface area contributed by atoms with Gasteiger partial charge in [0.1, 0.15) is 0 Å². The molecule has 3 rings (SSSR count). The fourth-order valence-electron chi connectivity index (χ4n) is 2.89. The number of rotatable bonds is 4. The van der Waals surface area contributed by atoms with Crippen LogP contribution in [0.5, 0.6) is 0 Å². The monoisotopic (exact) mass is 370 g/mol. The van der Waals surface area contributed by atoms with Crippen LogP contribution in [0.15, 0.2) is 60.7 Å². The minimum atomic E-state index is -0.232. The van der Waals surface area contributed by atoms with Crippen molar-refractivity contribution in [3.05, 3.63) is 66.2 Å². The van der Waals surface area contributed by atoms with Crippen molar-refractivity contribution >= 4 is 19.4 Å². The second-order valence-electron chi connectivity index (χ2n) is 5.97. The van der Waals surface area contributed by atoms with Crippen molar-refractivity contribution in [2.75, 3.05) is 0 Å². The van der Waals surface area contributed by atoms with Gasteiger partial charge in [-0.2, -0.15) is 0 Å². The van der Waals surface area contributed by atoms with Gasteiger partial charge in [0.05, 0.1) is 0 Å². The molecule has 2 aromatic carbocycles. The van der Waals surface area contributed by atoms with Crippen molar-refractivity contribution in [3.8, 4) is 10.7 Å². The maximum atomic E-state index is 6.33. The maximum absolute atomic E-state index is 6.33. The summed E-state index contributed by atoms with van der Waals surface area (Å²) >= 11 is 0.210. The molecule has 1 nitrogen and oxygen atoms in total. The Bertz CT molecular complexity index is 648. The van der Waals surface area contributed by atoms with E-state index in [-0.39, 0.29) is 20.6 Å². The Morgan fingerprint density at radius 1 is 0.870 bits per heavy atom. The Balaban J connectivity index is 1.67. The van der Waals surface area contributed by atoms with E-state index >= 15 is 0 Å². The molecular weight excluding hydrogens is 347 g/mol. The Morgan fingerprint density at radius 2 is 1.52 bits per heavy atom. The average molecular weight is 369 g/mol. The Morgan fingerprint density at radius 3 is 2.22 bits per heavy atom. The molecule has 1 saturated carbocycles. The molecule has 1 aliphatic rings. The molecule has 0 unspecified atom stereocenters. The van der Waals surface area contributed by atoms with Crippen LogP contribution in [-0.4, -0.2) is 20.6 Å². The number of benzene rings is 2. The Kier molecular flexibility index (Phi) is 5.94. The minimum absolute atomic E-state index is 0.210. The van der Waals surface area contributed by atoms with Gasteiger partial charge >= 0.3 is 145 Å². The summed E-state index contributed by atoms with van der Waals surface area (Å²) in [7, 11) is 0. The number of hydrogen-bond donors (Lipinski definition) is 0. The summed E-state index contributed by atoms with van der Waals surface area (Å²) in [5, 5.41) is 0. The zero-order valence-corrected chi connectivity index (χ0v) is 15.0. The van der Waals surface area contributed by atoms with E-state index in [4.69, 9.17) is 4.74 Å². The number of ether oxygens (including phenoxy) is 1. The average Bonchev–Trinajstić information content (AvgIpc) is 2.63. The van der Waals surface area contributed by atoms with Crippen molar-refractivity contribution in [1.29, 1.82) is 0 Å². The number of hydrogen-bond acceptors (Lipinski definition) is 1. The van der Waals surface area contributed by atoms with Gasteiger partial charge in [-0.3, -0.25) is 0 Å². The molecule has 2 heteroatoms. The zero-order chi connectivity index (χ0) is 15.8. The Hall–Kier alpha value is -1.52. The van der Waals surface area contributed by atoms with E-state index in [9.17, 15) is 0 Å². The van der Waals surface area contributed by atoms with Crippen molar-refractivity contribution in [2.45, 2.75) is 44.3 Å². The fraction of sp³-hybridized carbons (Fsp3) is 0.333. The van der Waals surface area contributed by atoms with E-state index in [2.05, 4.69) is 65.3 Å². The third-order valence-corrected chi connectivity index (χ3v) is 5.70. The first-order valence-electron chi connectivity index (χ1n) is 8.28. The van der Waals surface area contributed by atoms with E-state index in [0.29, 0.717) is 6.61 Å². The molecule has 23 heavy (non-hydrogen) atoms. The molecular formula is C21H22OSe. The van der Waals surface area contributed by atoms with E-state index in [0.717, 1.165) is 12.8 Å². The first-order chi connectivity index (χ1) is 11.4. The SMILES string of the molecule is C(#CC1(OCc2ccccc2)CCCCC1)[Se]c1ccccc1. The van der Waals surface area contributed by atoms with E-state index in [1.54, 1.807) is 0 Å². The van der Waals surface area contributed by atoms with Gasteiger partial charge in [0.15, 0.2) is 0 Å². The summed E-state index contributed by atoms with van der Waals surface area (Å²) in [6.07, 6.45) is 5.89. The van der Waals surface area contributed by atoms with Gasteiger partial charge in [-0.1, -0.05) is 0 Å². The second-order valence-corrected chi connectivity index (χ2v) is 7.82. The quantitative estimate of drug-likeness (QED) is 0.587. The second kappa shape index (κ2) is 8.36. The summed E-state index contributed by atoms with van der Waals surface area (Å²) in [6.45, 7) is 0.661. The van der Waals surface area contributed by atoms with E-state index in [1.807, 2.05) is 6.07 Å². The van der Waals surface area contributed by atoms with Gasteiger partial charge in [0.25, 0.3) is 0 Å². The standard InChI is InChI=1S/C21H22OSe/c1-4-10-19(11-5-1)18-22-21(14-8-3-9-15-21)16-17-23-20-12-6-2-7-13-20/h1-2,4-7,10-13H,3,8-9,14-15,18H2. The molecule has 0 aliphatic heterocycles. The molecule has 0 heterocycles. The van der Waals surface area contributed by atoms with Gasteiger partial charge in [-0.25, -0.2) is 0 Å². The van der Waals surface area contributed by atoms with Crippen LogP contribution in [0.4, 0.5) is 0 Å². The molecule has 0 atom stereocenters.